The highest BCUT2D eigenvalue weighted by Gasteiger charge is 2.43. The Morgan fingerprint density at radius 3 is 2.00 bits per heavy atom. The number of rotatable bonds is 11. The molecule has 0 aliphatic heterocycles. The molecular formula is C22H29F3NO3P. The molecule has 0 amide bonds. The second-order valence-corrected chi connectivity index (χ2v) is 9.11. The summed E-state index contributed by atoms with van der Waals surface area (Å²) in [5, 5.41) is 3.11. The lowest BCUT2D eigenvalue weighted by atomic mass is 10.0. The van der Waals surface area contributed by atoms with Gasteiger partial charge in [-0.25, -0.2) is 0 Å². The van der Waals surface area contributed by atoms with E-state index in [0.29, 0.717) is 12.8 Å². The molecule has 0 saturated heterocycles. The summed E-state index contributed by atoms with van der Waals surface area (Å²) >= 11 is 0. The quantitative estimate of drug-likeness (QED) is 0.376. The SMILES string of the molecule is CCCOP(=O)(OCCC)C(N[C@@H](C)c1ccccc1)c1ccccc1C(F)(F)F. The van der Waals surface area contributed by atoms with Gasteiger partial charge in [0.05, 0.1) is 18.8 Å². The van der Waals surface area contributed by atoms with Crippen LogP contribution in [0.5, 0.6) is 0 Å². The lowest BCUT2D eigenvalue weighted by Crippen LogP contribution is -2.28. The average molecular weight is 443 g/mol. The van der Waals surface area contributed by atoms with E-state index < -0.39 is 25.1 Å². The van der Waals surface area contributed by atoms with Gasteiger partial charge in [-0.2, -0.15) is 13.2 Å². The molecule has 0 radical (unpaired) electrons. The number of halogens is 3. The van der Waals surface area contributed by atoms with Crippen LogP contribution in [0, 0.1) is 0 Å². The Morgan fingerprint density at radius 2 is 1.47 bits per heavy atom. The van der Waals surface area contributed by atoms with Crippen LogP contribution >= 0.6 is 7.60 Å². The minimum atomic E-state index is -4.60. The molecule has 1 N–H and O–H groups in total. The molecule has 30 heavy (non-hydrogen) atoms. The van der Waals surface area contributed by atoms with Crippen molar-refractivity contribution in [3.8, 4) is 0 Å². The fourth-order valence-corrected chi connectivity index (χ4v) is 5.26. The highest BCUT2D eigenvalue weighted by atomic mass is 31.2. The number of hydrogen-bond donors (Lipinski definition) is 1. The average Bonchev–Trinajstić information content (AvgIpc) is 2.74. The van der Waals surface area contributed by atoms with Crippen molar-refractivity contribution in [1.82, 2.24) is 5.32 Å². The predicted molar refractivity (Wildman–Crippen MR) is 112 cm³/mol. The second-order valence-electron chi connectivity index (χ2n) is 6.99. The largest absolute Gasteiger partial charge is 0.416 e. The van der Waals surface area contributed by atoms with Crippen molar-refractivity contribution < 1.29 is 26.8 Å². The Kier molecular flexibility index (Phi) is 9.10. The van der Waals surface area contributed by atoms with Gasteiger partial charge in [-0.05, 0) is 37.0 Å². The molecular weight excluding hydrogens is 414 g/mol. The fourth-order valence-electron chi connectivity index (χ4n) is 3.04. The third-order valence-corrected chi connectivity index (χ3v) is 6.68. The van der Waals surface area contributed by atoms with Gasteiger partial charge < -0.3 is 9.05 Å². The lowest BCUT2D eigenvalue weighted by molar-refractivity contribution is -0.138. The van der Waals surface area contributed by atoms with E-state index >= 15 is 0 Å². The maximum Gasteiger partial charge on any atom is 0.416 e. The number of benzene rings is 2. The molecule has 0 heterocycles. The predicted octanol–water partition coefficient (Wildman–Crippen LogP) is 7.10. The van der Waals surface area contributed by atoms with Crippen molar-refractivity contribution in [1.29, 1.82) is 0 Å². The zero-order valence-corrected chi connectivity index (χ0v) is 18.4. The number of alkyl halides is 3. The van der Waals surface area contributed by atoms with Gasteiger partial charge in [0.15, 0.2) is 0 Å². The lowest BCUT2D eigenvalue weighted by Gasteiger charge is -2.32. The molecule has 0 spiro atoms. The molecule has 2 aromatic carbocycles. The van der Waals surface area contributed by atoms with E-state index in [2.05, 4.69) is 5.32 Å². The van der Waals surface area contributed by atoms with Crippen LogP contribution in [-0.4, -0.2) is 13.2 Å². The standard InChI is InChI=1S/C22H29F3NO3P/c1-4-15-28-30(27,29-16-5-2)21(26-17(3)18-11-7-6-8-12-18)19-13-9-10-14-20(19)22(23,24)25/h6-14,17,21,26H,4-5,15-16H2,1-3H3/t17-,21?/m0/s1. The first-order valence-corrected chi connectivity index (χ1v) is 11.7. The maximum atomic E-state index is 13.8. The first kappa shape index (κ1) is 24.6. The zero-order chi connectivity index (χ0) is 22.2. The molecule has 0 saturated carbocycles. The Bertz CT molecular complexity index is 818. The monoisotopic (exact) mass is 443 g/mol. The molecule has 0 fully saturated rings. The molecule has 0 bridgehead atoms. The topological polar surface area (TPSA) is 47.6 Å². The summed E-state index contributed by atoms with van der Waals surface area (Å²) < 4.78 is 66.3. The number of hydrogen-bond acceptors (Lipinski definition) is 4. The van der Waals surface area contributed by atoms with Gasteiger partial charge in [0.1, 0.15) is 5.78 Å². The summed E-state index contributed by atoms with van der Waals surface area (Å²) in [4.78, 5) is 0. The summed E-state index contributed by atoms with van der Waals surface area (Å²) in [5.74, 6) is -1.27. The van der Waals surface area contributed by atoms with Gasteiger partial charge in [0, 0.05) is 6.04 Å². The van der Waals surface area contributed by atoms with Crippen LogP contribution < -0.4 is 5.32 Å². The van der Waals surface area contributed by atoms with Crippen molar-refractivity contribution in [2.45, 2.75) is 51.6 Å². The molecule has 0 aromatic heterocycles. The first-order valence-electron chi connectivity index (χ1n) is 10.1. The molecule has 2 atom stereocenters. The van der Waals surface area contributed by atoms with Crippen LogP contribution in [0.3, 0.4) is 0 Å². The molecule has 0 aliphatic rings. The van der Waals surface area contributed by atoms with E-state index in [0.717, 1.165) is 11.6 Å². The molecule has 1 unspecified atom stereocenters. The fraction of sp³-hybridized carbons (Fsp3) is 0.455. The number of nitrogens with one attached hydrogen (secondary N) is 1. The Hall–Kier alpha value is -1.66. The molecule has 2 rings (SSSR count). The highest BCUT2D eigenvalue weighted by Crippen LogP contribution is 2.61. The van der Waals surface area contributed by atoms with Crippen LogP contribution in [-0.2, 0) is 19.8 Å². The van der Waals surface area contributed by atoms with Gasteiger partial charge in [0.2, 0.25) is 0 Å². The van der Waals surface area contributed by atoms with Crippen LogP contribution in [0.15, 0.2) is 54.6 Å². The van der Waals surface area contributed by atoms with Crippen molar-refractivity contribution in [2.75, 3.05) is 13.2 Å². The van der Waals surface area contributed by atoms with E-state index in [4.69, 9.17) is 9.05 Å². The van der Waals surface area contributed by atoms with Gasteiger partial charge in [-0.1, -0.05) is 62.4 Å². The van der Waals surface area contributed by atoms with Crippen molar-refractivity contribution in [2.24, 2.45) is 0 Å². The molecule has 2 aromatic rings. The Morgan fingerprint density at radius 1 is 0.933 bits per heavy atom. The summed E-state index contributed by atoms with van der Waals surface area (Å²) in [5.41, 5.74) is -0.156. The molecule has 4 nitrogen and oxygen atoms in total. The van der Waals surface area contributed by atoms with Gasteiger partial charge in [-0.15, -0.1) is 0 Å². The van der Waals surface area contributed by atoms with Gasteiger partial charge in [0.25, 0.3) is 0 Å². The summed E-state index contributed by atoms with van der Waals surface area (Å²) in [6.45, 7) is 5.72. The normalized spacial score (nSPS) is 14.5. The molecule has 0 aliphatic carbocycles. The zero-order valence-electron chi connectivity index (χ0n) is 17.5. The first-order chi connectivity index (χ1) is 14.2. The van der Waals surface area contributed by atoms with Crippen molar-refractivity contribution in [3.63, 3.8) is 0 Å². The minimum absolute atomic E-state index is 0.118. The Labute approximate surface area is 176 Å². The third-order valence-electron chi connectivity index (χ3n) is 4.54. The van der Waals surface area contributed by atoms with E-state index in [1.165, 1.54) is 18.2 Å². The van der Waals surface area contributed by atoms with Gasteiger partial charge in [-0.3, -0.25) is 9.88 Å². The summed E-state index contributed by atoms with van der Waals surface area (Å²) in [6.07, 6.45) is -3.49. The Balaban J connectivity index is 2.55. The smallest absolute Gasteiger partial charge is 0.307 e. The van der Waals surface area contributed by atoms with Crippen LogP contribution in [0.2, 0.25) is 0 Å². The summed E-state index contributed by atoms with van der Waals surface area (Å²) in [6, 6.07) is 14.0. The van der Waals surface area contributed by atoms with E-state index in [1.807, 2.05) is 51.1 Å². The van der Waals surface area contributed by atoms with E-state index in [-0.39, 0.29) is 24.8 Å². The highest BCUT2D eigenvalue weighted by molar-refractivity contribution is 7.54. The summed E-state index contributed by atoms with van der Waals surface area (Å²) in [7, 11) is -3.97. The maximum absolute atomic E-state index is 13.8. The minimum Gasteiger partial charge on any atom is -0.307 e. The third kappa shape index (κ3) is 6.42. The van der Waals surface area contributed by atoms with Crippen LogP contribution in [0.4, 0.5) is 13.2 Å². The van der Waals surface area contributed by atoms with E-state index in [9.17, 15) is 17.7 Å². The van der Waals surface area contributed by atoms with E-state index in [1.54, 1.807) is 0 Å². The molecule has 8 heteroatoms. The van der Waals surface area contributed by atoms with Gasteiger partial charge >= 0.3 is 13.8 Å². The second kappa shape index (κ2) is 11.1. The van der Waals surface area contributed by atoms with Crippen molar-refractivity contribution >= 4 is 7.60 Å². The van der Waals surface area contributed by atoms with Crippen LogP contribution in [0.1, 0.15) is 62.1 Å². The van der Waals surface area contributed by atoms with Crippen LogP contribution in [0.25, 0.3) is 0 Å². The van der Waals surface area contributed by atoms with Crippen molar-refractivity contribution in [3.05, 3.63) is 71.3 Å². The molecule has 166 valence electrons.